The molecule has 0 spiro atoms. The normalized spacial score (nSPS) is 11.4. The summed E-state index contributed by atoms with van der Waals surface area (Å²) < 4.78 is 25.2. The van der Waals surface area contributed by atoms with E-state index in [1.807, 2.05) is 0 Å². The third kappa shape index (κ3) is 2.55. The Hall–Kier alpha value is -1.91. The van der Waals surface area contributed by atoms with E-state index in [1.54, 1.807) is 0 Å². The topological polar surface area (TPSA) is 63.3 Å². The van der Waals surface area contributed by atoms with Crippen molar-refractivity contribution in [2.24, 2.45) is 5.73 Å². The number of carboxylic acid groups (broad SMARTS) is 1. The molecule has 1 aromatic rings. The van der Waals surface area contributed by atoms with Crippen molar-refractivity contribution in [2.75, 3.05) is 0 Å². The van der Waals surface area contributed by atoms with Crippen LogP contribution in [0.4, 0.5) is 8.78 Å². The Bertz CT molecular complexity index is 382. The fraction of sp³-hybridized carbons (Fsp3) is 0. The number of rotatable bonds is 2. The summed E-state index contributed by atoms with van der Waals surface area (Å²) in [4.78, 5) is 10.3. The fourth-order valence-electron chi connectivity index (χ4n) is 0.900. The first-order valence-electron chi connectivity index (χ1n) is 3.65. The highest BCUT2D eigenvalue weighted by Crippen LogP contribution is 2.10. The molecule has 0 heterocycles. The molecule has 3 nitrogen and oxygen atoms in total. The van der Waals surface area contributed by atoms with E-state index in [2.05, 4.69) is 0 Å². The minimum absolute atomic E-state index is 0.0717. The molecule has 0 saturated heterocycles. The molecule has 74 valence electrons. The maximum absolute atomic E-state index is 12.6. The van der Waals surface area contributed by atoms with E-state index in [4.69, 9.17) is 10.8 Å². The van der Waals surface area contributed by atoms with Crippen LogP contribution in [0.5, 0.6) is 0 Å². The Kier molecular flexibility index (Phi) is 2.81. The van der Waals surface area contributed by atoms with Crippen LogP contribution >= 0.6 is 0 Å². The van der Waals surface area contributed by atoms with Gasteiger partial charge >= 0.3 is 5.97 Å². The first kappa shape index (κ1) is 10.2. The second kappa shape index (κ2) is 3.87. The Morgan fingerprint density at radius 2 is 1.79 bits per heavy atom. The standard InChI is InChI=1S/C9H7F2NO2/c10-6-1-5(2-7(11)4-6)3-8(12)9(13)14/h1-4H,12H2,(H,13,14)/b8-3+. The highest BCUT2D eigenvalue weighted by atomic mass is 19.1. The van der Waals surface area contributed by atoms with Gasteiger partial charge in [-0.05, 0) is 23.8 Å². The quantitative estimate of drug-likeness (QED) is 0.706. The Morgan fingerprint density at radius 3 is 2.21 bits per heavy atom. The van der Waals surface area contributed by atoms with E-state index in [0.29, 0.717) is 6.07 Å². The van der Waals surface area contributed by atoms with Crippen LogP contribution in [-0.4, -0.2) is 11.1 Å². The summed E-state index contributed by atoms with van der Waals surface area (Å²) in [6, 6.07) is 2.66. The minimum Gasteiger partial charge on any atom is -0.477 e. The van der Waals surface area contributed by atoms with E-state index in [0.717, 1.165) is 18.2 Å². The molecular formula is C9H7F2NO2. The van der Waals surface area contributed by atoms with Crippen molar-refractivity contribution >= 4 is 12.0 Å². The molecule has 1 rings (SSSR count). The number of hydrogen-bond acceptors (Lipinski definition) is 2. The second-order valence-electron chi connectivity index (χ2n) is 2.61. The molecule has 0 aliphatic rings. The Balaban J connectivity index is 3.08. The molecule has 0 aliphatic heterocycles. The molecule has 1 aromatic carbocycles. The monoisotopic (exact) mass is 199 g/mol. The van der Waals surface area contributed by atoms with Crippen LogP contribution in [0.15, 0.2) is 23.9 Å². The summed E-state index contributed by atoms with van der Waals surface area (Å²) in [6.45, 7) is 0. The molecule has 5 heteroatoms. The van der Waals surface area contributed by atoms with Gasteiger partial charge in [0.15, 0.2) is 0 Å². The lowest BCUT2D eigenvalue weighted by atomic mass is 10.2. The van der Waals surface area contributed by atoms with Gasteiger partial charge in [-0.15, -0.1) is 0 Å². The SMILES string of the molecule is N/C(=C/c1cc(F)cc(F)c1)C(=O)O. The molecule has 0 atom stereocenters. The van der Waals surface area contributed by atoms with Gasteiger partial charge < -0.3 is 10.8 Å². The number of hydrogen-bond donors (Lipinski definition) is 2. The van der Waals surface area contributed by atoms with Gasteiger partial charge in [0.25, 0.3) is 0 Å². The molecular weight excluding hydrogens is 192 g/mol. The zero-order chi connectivity index (χ0) is 10.7. The van der Waals surface area contributed by atoms with Crippen molar-refractivity contribution in [3.63, 3.8) is 0 Å². The van der Waals surface area contributed by atoms with Gasteiger partial charge in [0, 0.05) is 6.07 Å². The molecule has 3 N–H and O–H groups in total. The van der Waals surface area contributed by atoms with Crippen LogP contribution in [0, 0.1) is 11.6 Å². The van der Waals surface area contributed by atoms with Crippen molar-refractivity contribution < 1.29 is 18.7 Å². The Morgan fingerprint density at radius 1 is 1.29 bits per heavy atom. The van der Waals surface area contributed by atoms with Crippen LogP contribution in [0.2, 0.25) is 0 Å². The summed E-state index contributed by atoms with van der Waals surface area (Å²) in [5, 5.41) is 8.40. The van der Waals surface area contributed by atoms with Gasteiger partial charge in [0.2, 0.25) is 0 Å². The van der Waals surface area contributed by atoms with Crippen molar-refractivity contribution in [1.29, 1.82) is 0 Å². The molecule has 0 amide bonds. The van der Waals surface area contributed by atoms with E-state index in [-0.39, 0.29) is 5.56 Å². The third-order valence-corrected chi connectivity index (χ3v) is 1.45. The van der Waals surface area contributed by atoms with E-state index < -0.39 is 23.3 Å². The number of nitrogens with two attached hydrogens (primary N) is 1. The molecule has 0 fully saturated rings. The predicted molar refractivity (Wildman–Crippen MR) is 46.2 cm³/mol. The minimum atomic E-state index is -1.34. The van der Waals surface area contributed by atoms with Gasteiger partial charge in [-0.2, -0.15) is 0 Å². The summed E-state index contributed by atoms with van der Waals surface area (Å²) in [5.74, 6) is -2.90. The van der Waals surface area contributed by atoms with E-state index >= 15 is 0 Å². The molecule has 0 aromatic heterocycles. The lowest BCUT2D eigenvalue weighted by molar-refractivity contribution is -0.132. The zero-order valence-electron chi connectivity index (χ0n) is 7.00. The first-order chi connectivity index (χ1) is 6.49. The summed E-state index contributed by atoms with van der Waals surface area (Å²) >= 11 is 0. The number of carbonyl (C=O) groups is 1. The smallest absolute Gasteiger partial charge is 0.351 e. The van der Waals surface area contributed by atoms with E-state index in [9.17, 15) is 13.6 Å². The first-order valence-corrected chi connectivity index (χ1v) is 3.65. The van der Waals surface area contributed by atoms with Gasteiger partial charge in [-0.1, -0.05) is 0 Å². The third-order valence-electron chi connectivity index (χ3n) is 1.45. The number of aliphatic carboxylic acids is 1. The molecule has 0 aliphatic carbocycles. The highest BCUT2D eigenvalue weighted by molar-refractivity contribution is 5.90. The van der Waals surface area contributed by atoms with Gasteiger partial charge in [0.1, 0.15) is 17.3 Å². The number of carboxylic acids is 1. The van der Waals surface area contributed by atoms with Crippen molar-refractivity contribution in [2.45, 2.75) is 0 Å². The fourth-order valence-corrected chi connectivity index (χ4v) is 0.900. The van der Waals surface area contributed by atoms with Crippen LogP contribution in [-0.2, 0) is 4.79 Å². The number of benzene rings is 1. The maximum atomic E-state index is 12.6. The summed E-state index contributed by atoms with van der Waals surface area (Å²) in [5.41, 5.74) is 4.66. The van der Waals surface area contributed by atoms with E-state index in [1.165, 1.54) is 0 Å². The van der Waals surface area contributed by atoms with Crippen molar-refractivity contribution in [3.8, 4) is 0 Å². The van der Waals surface area contributed by atoms with Gasteiger partial charge in [-0.25, -0.2) is 13.6 Å². The maximum Gasteiger partial charge on any atom is 0.351 e. The summed E-state index contributed by atoms with van der Waals surface area (Å²) in [7, 11) is 0. The average molecular weight is 199 g/mol. The largest absolute Gasteiger partial charge is 0.477 e. The molecule has 0 saturated carbocycles. The molecule has 14 heavy (non-hydrogen) atoms. The van der Waals surface area contributed by atoms with Crippen molar-refractivity contribution in [1.82, 2.24) is 0 Å². The average Bonchev–Trinajstić information content (AvgIpc) is 2.01. The van der Waals surface area contributed by atoms with Gasteiger partial charge in [0.05, 0.1) is 0 Å². The molecule has 0 bridgehead atoms. The highest BCUT2D eigenvalue weighted by Gasteiger charge is 2.03. The van der Waals surface area contributed by atoms with Gasteiger partial charge in [-0.3, -0.25) is 0 Å². The van der Waals surface area contributed by atoms with Crippen molar-refractivity contribution in [3.05, 3.63) is 41.1 Å². The molecule has 0 unspecified atom stereocenters. The van der Waals surface area contributed by atoms with Crippen LogP contribution in [0.1, 0.15) is 5.56 Å². The molecule has 0 radical (unpaired) electrons. The second-order valence-corrected chi connectivity index (χ2v) is 2.61. The number of halogens is 2. The summed E-state index contributed by atoms with van der Waals surface area (Å²) in [6.07, 6.45) is 0.981. The lowest BCUT2D eigenvalue weighted by Crippen LogP contribution is -2.09. The Labute approximate surface area is 78.5 Å². The van der Waals surface area contributed by atoms with Crippen LogP contribution < -0.4 is 5.73 Å². The van der Waals surface area contributed by atoms with Crippen LogP contribution in [0.25, 0.3) is 6.08 Å². The predicted octanol–water partition coefficient (Wildman–Crippen LogP) is 1.35. The zero-order valence-corrected chi connectivity index (χ0v) is 7.00. The van der Waals surface area contributed by atoms with Crippen LogP contribution in [0.3, 0.4) is 0 Å². The lowest BCUT2D eigenvalue weighted by Gasteiger charge is -1.97.